The van der Waals surface area contributed by atoms with Crippen LogP contribution >= 0.6 is 0 Å². The molecule has 6 nitrogen and oxygen atoms in total. The van der Waals surface area contributed by atoms with Gasteiger partial charge in [-0.25, -0.2) is 4.52 Å². The van der Waals surface area contributed by atoms with E-state index in [1.165, 1.54) is 0 Å². The van der Waals surface area contributed by atoms with Crippen molar-refractivity contribution in [3.63, 3.8) is 0 Å². The van der Waals surface area contributed by atoms with Crippen LogP contribution in [0.5, 0.6) is 0 Å². The number of aromatic nitrogens is 4. The summed E-state index contributed by atoms with van der Waals surface area (Å²) in [6.07, 6.45) is 1.63. The molecule has 0 bridgehead atoms. The average molecular weight is 275 g/mol. The first-order valence-electron chi connectivity index (χ1n) is 7.16. The van der Waals surface area contributed by atoms with Crippen LogP contribution in [0, 0.1) is 0 Å². The highest BCUT2D eigenvalue weighted by atomic mass is 16.3. The van der Waals surface area contributed by atoms with Crippen molar-refractivity contribution < 1.29 is 5.11 Å². The number of hydrogen-bond donors (Lipinski definition) is 1. The summed E-state index contributed by atoms with van der Waals surface area (Å²) in [6, 6.07) is 0. The molecule has 2 aromatic rings. The molecule has 0 atom stereocenters. The molecular formula is C14H21N5O. The first-order chi connectivity index (χ1) is 9.47. The Hall–Kier alpha value is -1.69. The summed E-state index contributed by atoms with van der Waals surface area (Å²) in [7, 11) is 0. The Morgan fingerprint density at radius 3 is 2.40 bits per heavy atom. The number of nitrogens with zero attached hydrogens (tertiary/aromatic N) is 5. The van der Waals surface area contributed by atoms with E-state index in [1.807, 2.05) is 15.6 Å². The van der Waals surface area contributed by atoms with E-state index in [9.17, 15) is 5.11 Å². The smallest absolute Gasteiger partial charge is 0.229 e. The van der Waals surface area contributed by atoms with E-state index in [0.717, 1.165) is 17.0 Å². The van der Waals surface area contributed by atoms with Crippen LogP contribution in [0.2, 0.25) is 0 Å². The van der Waals surface area contributed by atoms with Gasteiger partial charge in [0, 0.05) is 24.6 Å². The molecular weight excluding hydrogens is 254 g/mol. The molecule has 0 aliphatic carbocycles. The molecule has 3 heterocycles. The molecule has 1 saturated heterocycles. The predicted molar refractivity (Wildman–Crippen MR) is 77.2 cm³/mol. The summed E-state index contributed by atoms with van der Waals surface area (Å²) in [5.41, 5.74) is 2.02. The van der Waals surface area contributed by atoms with Gasteiger partial charge in [-0.2, -0.15) is 15.1 Å². The molecule has 3 rings (SSSR count). The quantitative estimate of drug-likeness (QED) is 0.920. The fourth-order valence-electron chi connectivity index (χ4n) is 2.44. The highest BCUT2D eigenvalue weighted by Gasteiger charge is 2.28. The summed E-state index contributed by atoms with van der Waals surface area (Å²) in [6.45, 7) is 9.71. The first-order valence-corrected chi connectivity index (χ1v) is 7.16. The van der Waals surface area contributed by atoms with E-state index in [2.05, 4.69) is 42.8 Å². The minimum absolute atomic E-state index is 0.258. The Kier molecular flexibility index (Phi) is 3.12. The van der Waals surface area contributed by atoms with Gasteiger partial charge in [-0.15, -0.1) is 0 Å². The average Bonchev–Trinajstić information content (AvgIpc) is 2.77. The third-order valence-electron chi connectivity index (χ3n) is 3.69. The number of aliphatic hydroxyl groups excluding tert-OH is 1. The molecule has 20 heavy (non-hydrogen) atoms. The SMILES string of the molecule is CC(C)c1cnn2c(C(C)C)nc(N3CC(O)C3)nc12. The summed E-state index contributed by atoms with van der Waals surface area (Å²) in [5.74, 6) is 2.26. The number of rotatable bonds is 3. The molecule has 1 aliphatic rings. The zero-order valence-electron chi connectivity index (χ0n) is 12.4. The van der Waals surface area contributed by atoms with Crippen LogP contribution in [0.1, 0.15) is 50.9 Å². The molecule has 0 spiro atoms. The van der Waals surface area contributed by atoms with Crippen molar-refractivity contribution in [2.45, 2.75) is 45.6 Å². The fraction of sp³-hybridized carbons (Fsp3) is 0.643. The Morgan fingerprint density at radius 1 is 1.15 bits per heavy atom. The monoisotopic (exact) mass is 275 g/mol. The lowest BCUT2D eigenvalue weighted by Gasteiger charge is -2.36. The van der Waals surface area contributed by atoms with E-state index < -0.39 is 0 Å². The maximum atomic E-state index is 9.46. The van der Waals surface area contributed by atoms with Crippen molar-refractivity contribution in [2.75, 3.05) is 18.0 Å². The van der Waals surface area contributed by atoms with Gasteiger partial charge in [-0.05, 0) is 5.92 Å². The summed E-state index contributed by atoms with van der Waals surface area (Å²) < 4.78 is 1.85. The Balaban J connectivity index is 2.15. The number of anilines is 1. The van der Waals surface area contributed by atoms with Crippen LogP contribution in [-0.4, -0.2) is 43.9 Å². The van der Waals surface area contributed by atoms with E-state index in [0.29, 0.717) is 25.0 Å². The molecule has 1 aliphatic heterocycles. The second kappa shape index (κ2) is 4.70. The van der Waals surface area contributed by atoms with Gasteiger partial charge < -0.3 is 10.0 Å². The molecule has 0 aromatic carbocycles. The summed E-state index contributed by atoms with van der Waals surface area (Å²) in [4.78, 5) is 11.3. The molecule has 1 N–H and O–H groups in total. The van der Waals surface area contributed by atoms with E-state index in [-0.39, 0.29) is 12.0 Å². The van der Waals surface area contributed by atoms with Crippen molar-refractivity contribution in [1.29, 1.82) is 0 Å². The van der Waals surface area contributed by atoms with Crippen molar-refractivity contribution in [3.8, 4) is 0 Å². The predicted octanol–water partition coefficient (Wildman–Crippen LogP) is 1.55. The highest BCUT2D eigenvalue weighted by molar-refractivity contribution is 5.53. The van der Waals surface area contributed by atoms with Crippen LogP contribution < -0.4 is 4.90 Å². The highest BCUT2D eigenvalue weighted by Crippen LogP contribution is 2.25. The van der Waals surface area contributed by atoms with Crippen LogP contribution in [0.25, 0.3) is 5.65 Å². The Labute approximate surface area is 118 Å². The second-order valence-electron chi connectivity index (χ2n) is 6.09. The third-order valence-corrected chi connectivity index (χ3v) is 3.69. The lowest BCUT2D eigenvalue weighted by Crippen LogP contribution is -2.51. The fourth-order valence-corrected chi connectivity index (χ4v) is 2.44. The number of β-amino-alcohol motifs (C(OH)–C–C–N with tert-alkyl or cyclic N) is 1. The lowest BCUT2D eigenvalue weighted by atomic mass is 10.1. The molecule has 0 radical (unpaired) electrons. The molecule has 2 aromatic heterocycles. The largest absolute Gasteiger partial charge is 0.389 e. The normalized spacial score (nSPS) is 16.4. The molecule has 0 amide bonds. The number of hydrogen-bond acceptors (Lipinski definition) is 5. The standard InChI is InChI=1S/C14H21N5O/c1-8(2)11-5-15-19-12(9(3)4)16-14(17-13(11)19)18-6-10(20)7-18/h5,8-10,20H,6-7H2,1-4H3. The molecule has 1 fully saturated rings. The number of fused-ring (bicyclic) bond motifs is 1. The van der Waals surface area contributed by atoms with Gasteiger partial charge in [0.1, 0.15) is 5.82 Å². The number of aliphatic hydroxyl groups is 1. The maximum absolute atomic E-state index is 9.46. The molecule has 0 saturated carbocycles. The van der Waals surface area contributed by atoms with Crippen molar-refractivity contribution in [2.24, 2.45) is 0 Å². The third kappa shape index (κ3) is 2.04. The maximum Gasteiger partial charge on any atom is 0.229 e. The Morgan fingerprint density at radius 2 is 1.85 bits per heavy atom. The summed E-state index contributed by atoms with van der Waals surface area (Å²) >= 11 is 0. The van der Waals surface area contributed by atoms with Gasteiger partial charge in [0.25, 0.3) is 0 Å². The summed E-state index contributed by atoms with van der Waals surface area (Å²) in [5, 5.41) is 13.9. The van der Waals surface area contributed by atoms with E-state index in [1.54, 1.807) is 0 Å². The van der Waals surface area contributed by atoms with Crippen molar-refractivity contribution in [1.82, 2.24) is 19.6 Å². The van der Waals surface area contributed by atoms with Gasteiger partial charge in [-0.3, -0.25) is 0 Å². The zero-order valence-corrected chi connectivity index (χ0v) is 12.4. The lowest BCUT2D eigenvalue weighted by molar-refractivity contribution is 0.140. The first kappa shape index (κ1) is 13.3. The Bertz CT molecular complexity index is 628. The van der Waals surface area contributed by atoms with Crippen molar-refractivity contribution in [3.05, 3.63) is 17.6 Å². The zero-order chi connectivity index (χ0) is 14.4. The van der Waals surface area contributed by atoms with Crippen LogP contribution in [0.15, 0.2) is 6.20 Å². The molecule has 108 valence electrons. The van der Waals surface area contributed by atoms with Gasteiger partial charge in [0.15, 0.2) is 5.65 Å². The van der Waals surface area contributed by atoms with Gasteiger partial charge in [0.05, 0.1) is 12.3 Å². The minimum Gasteiger partial charge on any atom is -0.389 e. The van der Waals surface area contributed by atoms with Gasteiger partial charge in [0.2, 0.25) is 5.95 Å². The van der Waals surface area contributed by atoms with Crippen molar-refractivity contribution >= 4 is 11.6 Å². The van der Waals surface area contributed by atoms with Crippen LogP contribution in [0.3, 0.4) is 0 Å². The van der Waals surface area contributed by atoms with E-state index in [4.69, 9.17) is 0 Å². The van der Waals surface area contributed by atoms with Crippen LogP contribution in [0.4, 0.5) is 5.95 Å². The molecule has 0 unspecified atom stereocenters. The van der Waals surface area contributed by atoms with Gasteiger partial charge >= 0.3 is 0 Å². The van der Waals surface area contributed by atoms with Crippen LogP contribution in [-0.2, 0) is 0 Å². The van der Waals surface area contributed by atoms with Gasteiger partial charge in [-0.1, -0.05) is 27.7 Å². The minimum atomic E-state index is -0.258. The second-order valence-corrected chi connectivity index (χ2v) is 6.09. The molecule has 6 heteroatoms. The van der Waals surface area contributed by atoms with E-state index >= 15 is 0 Å². The topological polar surface area (TPSA) is 66.5 Å².